The molecule has 1 saturated carbocycles. The molecule has 3 rings (SSSR count). The van der Waals surface area contributed by atoms with Crippen molar-refractivity contribution in [3.63, 3.8) is 0 Å². The first-order valence-electron chi connectivity index (χ1n) is 10.2. The van der Waals surface area contributed by atoms with E-state index in [1.807, 2.05) is 37.2 Å². The topological polar surface area (TPSA) is 52.8 Å². The van der Waals surface area contributed by atoms with Crippen LogP contribution in [0.15, 0.2) is 36.9 Å². The molecule has 3 atom stereocenters. The van der Waals surface area contributed by atoms with Gasteiger partial charge < -0.3 is 15.5 Å². The Bertz CT molecular complexity index is 672. The number of amides is 1. The third-order valence-corrected chi connectivity index (χ3v) is 6.07. The van der Waals surface area contributed by atoms with Gasteiger partial charge in [0.15, 0.2) is 0 Å². The van der Waals surface area contributed by atoms with Crippen LogP contribution >= 0.6 is 0 Å². The zero-order valence-electron chi connectivity index (χ0n) is 17.1. The maximum Gasteiger partial charge on any atom is 0.239 e. The molecule has 2 aliphatic rings. The van der Waals surface area contributed by atoms with E-state index in [-0.39, 0.29) is 11.7 Å². The monoisotopic (exact) mass is 388 g/mol. The molecule has 28 heavy (non-hydrogen) atoms. The van der Waals surface area contributed by atoms with Gasteiger partial charge in [-0.2, -0.15) is 0 Å². The fraction of sp³-hybridized carbons (Fsp3) is 0.591. The Hall–Kier alpha value is -1.76. The van der Waals surface area contributed by atoms with Crippen LogP contribution in [0.2, 0.25) is 0 Å². The van der Waals surface area contributed by atoms with E-state index >= 15 is 0 Å². The molecule has 1 unspecified atom stereocenters. The molecule has 1 saturated heterocycles. The molecule has 1 aromatic carbocycles. The minimum atomic E-state index is -0.416. The van der Waals surface area contributed by atoms with Gasteiger partial charge in [0, 0.05) is 37.6 Å². The summed E-state index contributed by atoms with van der Waals surface area (Å²) in [5.74, 6) is 0.338. The fourth-order valence-corrected chi connectivity index (χ4v) is 4.05. The van der Waals surface area contributed by atoms with E-state index in [1.165, 1.54) is 17.7 Å². The zero-order valence-corrected chi connectivity index (χ0v) is 17.1. The van der Waals surface area contributed by atoms with Crippen LogP contribution in [0.25, 0.3) is 0 Å². The van der Waals surface area contributed by atoms with E-state index in [4.69, 9.17) is 5.73 Å². The minimum Gasteiger partial charge on any atom is -0.338 e. The molecule has 2 N–H and O–H groups in total. The fourth-order valence-electron chi connectivity index (χ4n) is 4.05. The molecule has 0 bridgehead atoms. The summed E-state index contributed by atoms with van der Waals surface area (Å²) in [7, 11) is 4.08. The van der Waals surface area contributed by atoms with Gasteiger partial charge >= 0.3 is 0 Å². The van der Waals surface area contributed by atoms with Gasteiger partial charge in [-0.05, 0) is 57.6 Å². The summed E-state index contributed by atoms with van der Waals surface area (Å²) in [4.78, 5) is 18.8. The maximum absolute atomic E-state index is 13.1. The number of nitrogens with zero attached hydrogens (tertiary/aromatic N) is 3. The third kappa shape index (κ3) is 4.99. The van der Waals surface area contributed by atoms with Gasteiger partial charge in [-0.3, -0.25) is 9.69 Å². The zero-order chi connectivity index (χ0) is 20.3. The van der Waals surface area contributed by atoms with E-state index in [1.54, 1.807) is 0 Å². The molecule has 1 aliphatic carbocycles. The second kappa shape index (κ2) is 9.16. The van der Waals surface area contributed by atoms with Gasteiger partial charge in [0.1, 0.15) is 5.82 Å². The van der Waals surface area contributed by atoms with Gasteiger partial charge in [0.05, 0.1) is 6.04 Å². The maximum atomic E-state index is 13.1. The average Bonchev–Trinajstić information content (AvgIpc) is 3.40. The van der Waals surface area contributed by atoms with Crippen LogP contribution in [0.3, 0.4) is 0 Å². The van der Waals surface area contributed by atoms with Crippen LogP contribution < -0.4 is 5.73 Å². The van der Waals surface area contributed by atoms with Crippen molar-refractivity contribution < 1.29 is 9.18 Å². The first-order chi connectivity index (χ1) is 13.4. The lowest BCUT2D eigenvalue weighted by atomic mass is 10.0. The number of nitrogens with two attached hydrogens (primary N) is 1. The Morgan fingerprint density at radius 2 is 2.04 bits per heavy atom. The highest BCUT2D eigenvalue weighted by atomic mass is 19.1. The van der Waals surface area contributed by atoms with E-state index in [0.29, 0.717) is 24.4 Å². The quantitative estimate of drug-likeness (QED) is 0.624. The van der Waals surface area contributed by atoms with Gasteiger partial charge in [-0.25, -0.2) is 4.39 Å². The van der Waals surface area contributed by atoms with Gasteiger partial charge in [0.25, 0.3) is 0 Å². The Balaban J connectivity index is 1.42. The largest absolute Gasteiger partial charge is 0.338 e. The first kappa shape index (κ1) is 21.0. The van der Waals surface area contributed by atoms with Crippen LogP contribution in [0, 0.1) is 5.82 Å². The number of carbonyl (C=O) groups is 1. The lowest BCUT2D eigenvalue weighted by Crippen LogP contribution is -2.62. The van der Waals surface area contributed by atoms with Crippen LogP contribution in [0.5, 0.6) is 0 Å². The lowest BCUT2D eigenvalue weighted by Gasteiger charge is -2.43. The van der Waals surface area contributed by atoms with Gasteiger partial charge in [0.2, 0.25) is 5.91 Å². The summed E-state index contributed by atoms with van der Waals surface area (Å²) in [6, 6.07) is 7.34. The predicted molar refractivity (Wildman–Crippen MR) is 111 cm³/mol. The number of benzene rings is 1. The lowest BCUT2D eigenvalue weighted by molar-refractivity contribution is -0.139. The van der Waals surface area contributed by atoms with Crippen molar-refractivity contribution in [3.8, 4) is 0 Å². The van der Waals surface area contributed by atoms with E-state index in [9.17, 15) is 9.18 Å². The number of halogens is 1. The highest BCUT2D eigenvalue weighted by molar-refractivity contribution is 5.82. The summed E-state index contributed by atoms with van der Waals surface area (Å²) in [5, 5.41) is 0. The van der Waals surface area contributed by atoms with Crippen molar-refractivity contribution in [1.29, 1.82) is 0 Å². The molecule has 154 valence electrons. The van der Waals surface area contributed by atoms with Crippen LogP contribution in [-0.4, -0.2) is 79.0 Å². The summed E-state index contributed by atoms with van der Waals surface area (Å²) in [6.45, 7) is 7.16. The molecular formula is C22H33FN4O. The van der Waals surface area contributed by atoms with Crippen molar-refractivity contribution in [2.75, 3.05) is 40.3 Å². The summed E-state index contributed by atoms with van der Waals surface area (Å²) in [6.07, 6.45) is 4.60. The number of likely N-dealkylation sites (N-methyl/N-ethyl adjacent to an activating group) is 1. The number of likely N-dealkylation sites (tertiary alicyclic amines) is 1. The van der Waals surface area contributed by atoms with E-state index in [2.05, 4.69) is 16.4 Å². The summed E-state index contributed by atoms with van der Waals surface area (Å²) < 4.78 is 13.1. The number of carbonyl (C=O) groups excluding carboxylic acids is 1. The Kier molecular flexibility index (Phi) is 6.86. The number of hydrogen-bond donors (Lipinski definition) is 1. The second-order valence-electron chi connectivity index (χ2n) is 8.35. The summed E-state index contributed by atoms with van der Waals surface area (Å²) >= 11 is 0. The van der Waals surface area contributed by atoms with Crippen LogP contribution in [0.1, 0.15) is 30.7 Å². The van der Waals surface area contributed by atoms with Crippen molar-refractivity contribution in [1.82, 2.24) is 14.7 Å². The molecule has 1 amide bonds. The molecule has 1 heterocycles. The Morgan fingerprint density at radius 1 is 1.36 bits per heavy atom. The standard InChI is InChI=1S/C22H33FN4O/c1-4-11-26(21-13-19(21)16-7-9-17(23)10-8-16)12-5-6-20(24)22(28)27-14-18(15-27)25(2)3/h4,7-10,18-21H,1,5-6,11-15,24H2,2-3H3/t19-,20+,21?/m0/s1. The predicted octanol–water partition coefficient (Wildman–Crippen LogP) is 2.05. The van der Waals surface area contributed by atoms with Gasteiger partial charge in [-0.1, -0.05) is 18.2 Å². The van der Waals surface area contributed by atoms with Crippen molar-refractivity contribution >= 4 is 5.91 Å². The molecule has 0 aromatic heterocycles. The second-order valence-corrected chi connectivity index (χ2v) is 8.35. The molecule has 5 nitrogen and oxygen atoms in total. The average molecular weight is 389 g/mol. The number of hydrogen-bond acceptors (Lipinski definition) is 4. The first-order valence-corrected chi connectivity index (χ1v) is 10.2. The summed E-state index contributed by atoms with van der Waals surface area (Å²) in [5.41, 5.74) is 7.35. The van der Waals surface area contributed by atoms with Crippen LogP contribution in [0.4, 0.5) is 4.39 Å². The molecule has 1 aliphatic heterocycles. The molecular weight excluding hydrogens is 355 g/mol. The SMILES string of the molecule is C=CCN(CCC[C@@H](N)C(=O)N1CC(N(C)C)C1)C1C[C@H]1c1ccc(F)cc1. The molecule has 6 heteroatoms. The van der Waals surface area contributed by atoms with Crippen molar-refractivity contribution in [2.24, 2.45) is 5.73 Å². The normalized spacial score (nSPS) is 23.0. The van der Waals surface area contributed by atoms with Gasteiger partial charge in [-0.15, -0.1) is 6.58 Å². The van der Waals surface area contributed by atoms with Crippen molar-refractivity contribution in [3.05, 3.63) is 48.3 Å². The molecule has 0 radical (unpaired) electrons. The van der Waals surface area contributed by atoms with Crippen LogP contribution in [-0.2, 0) is 4.79 Å². The third-order valence-electron chi connectivity index (χ3n) is 6.07. The molecule has 1 aromatic rings. The van der Waals surface area contributed by atoms with E-state index in [0.717, 1.165) is 39.0 Å². The molecule has 2 fully saturated rings. The number of rotatable bonds is 10. The van der Waals surface area contributed by atoms with Crippen molar-refractivity contribution in [2.45, 2.75) is 43.3 Å². The minimum absolute atomic E-state index is 0.0731. The van der Waals surface area contributed by atoms with E-state index < -0.39 is 6.04 Å². The Morgan fingerprint density at radius 3 is 2.64 bits per heavy atom. The smallest absolute Gasteiger partial charge is 0.239 e. The Labute approximate surface area is 168 Å². The highest BCUT2D eigenvalue weighted by Gasteiger charge is 2.42. The molecule has 0 spiro atoms. The highest BCUT2D eigenvalue weighted by Crippen LogP contribution is 2.44.